The molecule has 0 atom stereocenters. The van der Waals surface area contributed by atoms with Crippen LogP contribution < -0.4 is 15.4 Å². The Labute approximate surface area is 114 Å². The fourth-order valence-corrected chi connectivity index (χ4v) is 1.44. The molecule has 0 unspecified atom stereocenters. The van der Waals surface area contributed by atoms with Crippen molar-refractivity contribution in [3.63, 3.8) is 0 Å². The molecule has 2 N–H and O–H groups in total. The molecule has 1 aromatic carbocycles. The number of rotatable bonds is 8. The van der Waals surface area contributed by atoms with Crippen LogP contribution in [0.3, 0.4) is 0 Å². The van der Waals surface area contributed by atoms with Crippen molar-refractivity contribution >= 4 is 6.09 Å². The van der Waals surface area contributed by atoms with Gasteiger partial charge in [0.15, 0.2) is 0 Å². The number of nitrogens with zero attached hydrogens (tertiary/aromatic N) is 1. The lowest BCUT2D eigenvalue weighted by molar-refractivity contribution is 0.200. The number of likely N-dealkylation sites (N-methyl/N-ethyl adjacent to an activating group) is 1. The lowest BCUT2D eigenvalue weighted by Gasteiger charge is -2.14. The van der Waals surface area contributed by atoms with Crippen LogP contribution in [0.1, 0.15) is 6.92 Å². The first-order valence-corrected chi connectivity index (χ1v) is 6.62. The van der Waals surface area contributed by atoms with Gasteiger partial charge >= 0.3 is 6.09 Å². The molecule has 0 aliphatic carbocycles. The van der Waals surface area contributed by atoms with Gasteiger partial charge in [-0.3, -0.25) is 0 Å². The number of hydrogen-bond donors (Lipinski definition) is 2. The van der Waals surface area contributed by atoms with Crippen LogP contribution >= 0.6 is 0 Å². The molecule has 0 spiro atoms. The van der Waals surface area contributed by atoms with E-state index in [1.165, 1.54) is 0 Å². The number of para-hydroxylation sites is 1. The van der Waals surface area contributed by atoms with Crippen LogP contribution in [-0.2, 0) is 0 Å². The zero-order valence-corrected chi connectivity index (χ0v) is 11.7. The topological polar surface area (TPSA) is 53.6 Å². The summed E-state index contributed by atoms with van der Waals surface area (Å²) in [7, 11) is 2.08. The Morgan fingerprint density at radius 3 is 2.63 bits per heavy atom. The predicted molar refractivity (Wildman–Crippen MR) is 76.5 cm³/mol. The molecule has 0 aliphatic heterocycles. The van der Waals surface area contributed by atoms with Crippen LogP contribution in [0, 0.1) is 0 Å². The molecular formula is C14H23N3O2. The van der Waals surface area contributed by atoms with Crippen LogP contribution in [0.5, 0.6) is 5.75 Å². The van der Waals surface area contributed by atoms with Crippen molar-refractivity contribution in [1.82, 2.24) is 15.5 Å². The lowest BCUT2D eigenvalue weighted by atomic mass is 10.3. The Balaban J connectivity index is 2.02. The summed E-state index contributed by atoms with van der Waals surface area (Å²) in [5, 5.41) is 5.95. The van der Waals surface area contributed by atoms with Crippen LogP contribution in [0.15, 0.2) is 30.3 Å². The minimum absolute atomic E-state index is 0.418. The average molecular weight is 265 g/mol. The molecule has 0 aromatic heterocycles. The van der Waals surface area contributed by atoms with E-state index in [2.05, 4.69) is 29.5 Å². The van der Waals surface area contributed by atoms with Crippen molar-refractivity contribution in [3.8, 4) is 5.75 Å². The number of benzene rings is 1. The van der Waals surface area contributed by atoms with Crippen molar-refractivity contribution in [2.45, 2.75) is 6.92 Å². The minimum Gasteiger partial charge on any atom is -0.410 e. The second kappa shape index (κ2) is 9.35. The summed E-state index contributed by atoms with van der Waals surface area (Å²) in [5.74, 6) is 0.553. The highest BCUT2D eigenvalue weighted by molar-refractivity contribution is 5.70. The van der Waals surface area contributed by atoms with Crippen LogP contribution in [0.4, 0.5) is 4.79 Å². The molecule has 106 valence electrons. The van der Waals surface area contributed by atoms with Crippen molar-refractivity contribution in [3.05, 3.63) is 30.3 Å². The van der Waals surface area contributed by atoms with E-state index in [4.69, 9.17) is 4.74 Å². The molecule has 19 heavy (non-hydrogen) atoms. The number of nitrogens with one attached hydrogen (secondary N) is 2. The van der Waals surface area contributed by atoms with E-state index in [-0.39, 0.29) is 0 Å². The van der Waals surface area contributed by atoms with Gasteiger partial charge in [0.05, 0.1) is 0 Å². The van der Waals surface area contributed by atoms with Gasteiger partial charge in [-0.1, -0.05) is 25.1 Å². The summed E-state index contributed by atoms with van der Waals surface area (Å²) >= 11 is 0. The molecule has 0 aliphatic rings. The third kappa shape index (κ3) is 7.43. The van der Waals surface area contributed by atoms with Gasteiger partial charge in [-0.05, 0) is 25.7 Å². The molecule has 1 aromatic rings. The number of amides is 1. The lowest BCUT2D eigenvalue weighted by Crippen LogP contribution is -2.36. The normalized spacial score (nSPS) is 10.5. The number of ether oxygens (including phenoxy) is 1. The maximum Gasteiger partial charge on any atom is 0.412 e. The summed E-state index contributed by atoms with van der Waals surface area (Å²) < 4.78 is 5.09. The second-order valence-electron chi connectivity index (χ2n) is 4.28. The highest BCUT2D eigenvalue weighted by atomic mass is 16.5. The quantitative estimate of drug-likeness (QED) is 0.696. The van der Waals surface area contributed by atoms with Gasteiger partial charge in [-0.25, -0.2) is 4.79 Å². The van der Waals surface area contributed by atoms with E-state index in [9.17, 15) is 4.79 Å². The van der Waals surface area contributed by atoms with E-state index < -0.39 is 6.09 Å². The number of carbonyl (C=O) groups is 1. The molecular weight excluding hydrogens is 242 g/mol. The van der Waals surface area contributed by atoms with E-state index in [1.807, 2.05) is 18.2 Å². The first kappa shape index (κ1) is 15.5. The highest BCUT2D eigenvalue weighted by Crippen LogP contribution is 2.07. The van der Waals surface area contributed by atoms with Crippen LogP contribution in [-0.4, -0.2) is 50.8 Å². The first-order valence-electron chi connectivity index (χ1n) is 6.62. The van der Waals surface area contributed by atoms with Crippen molar-refractivity contribution in [2.24, 2.45) is 0 Å². The summed E-state index contributed by atoms with van der Waals surface area (Å²) in [6.45, 7) is 6.39. The van der Waals surface area contributed by atoms with Gasteiger partial charge < -0.3 is 20.3 Å². The smallest absolute Gasteiger partial charge is 0.410 e. The fourth-order valence-electron chi connectivity index (χ4n) is 1.44. The molecule has 5 heteroatoms. The Bertz CT molecular complexity index is 357. The first-order chi connectivity index (χ1) is 9.22. The van der Waals surface area contributed by atoms with Gasteiger partial charge in [0.1, 0.15) is 5.75 Å². The molecule has 1 rings (SSSR count). The van der Waals surface area contributed by atoms with Crippen molar-refractivity contribution < 1.29 is 9.53 Å². The fraction of sp³-hybridized carbons (Fsp3) is 0.500. The molecule has 0 fully saturated rings. The predicted octanol–water partition coefficient (Wildman–Crippen LogP) is 1.32. The van der Waals surface area contributed by atoms with Crippen LogP contribution in [0.2, 0.25) is 0 Å². The van der Waals surface area contributed by atoms with Crippen LogP contribution in [0.25, 0.3) is 0 Å². The zero-order valence-electron chi connectivity index (χ0n) is 11.7. The SMILES string of the molecule is CCN(C)CCNCCNC(=O)Oc1ccccc1. The molecule has 0 saturated heterocycles. The largest absolute Gasteiger partial charge is 0.412 e. The Kier molecular flexibility index (Phi) is 7.62. The molecule has 1 amide bonds. The van der Waals surface area contributed by atoms with Gasteiger partial charge in [-0.2, -0.15) is 0 Å². The summed E-state index contributed by atoms with van der Waals surface area (Å²) in [6.07, 6.45) is -0.418. The standard InChI is InChI=1S/C14H23N3O2/c1-3-17(2)12-11-15-9-10-16-14(18)19-13-7-5-4-6-8-13/h4-8,15H,3,9-12H2,1-2H3,(H,16,18). The third-order valence-electron chi connectivity index (χ3n) is 2.74. The summed E-state index contributed by atoms with van der Waals surface area (Å²) in [5.41, 5.74) is 0. The summed E-state index contributed by atoms with van der Waals surface area (Å²) in [4.78, 5) is 13.7. The molecule has 0 saturated carbocycles. The van der Waals surface area contributed by atoms with Crippen molar-refractivity contribution in [2.75, 3.05) is 39.8 Å². The van der Waals surface area contributed by atoms with E-state index in [0.29, 0.717) is 12.3 Å². The highest BCUT2D eigenvalue weighted by Gasteiger charge is 2.02. The molecule has 5 nitrogen and oxygen atoms in total. The Morgan fingerprint density at radius 1 is 1.21 bits per heavy atom. The number of carbonyl (C=O) groups excluding carboxylic acids is 1. The van der Waals surface area contributed by atoms with E-state index in [1.54, 1.807) is 12.1 Å². The maximum atomic E-state index is 11.4. The Hall–Kier alpha value is -1.59. The molecule has 0 heterocycles. The maximum absolute atomic E-state index is 11.4. The Morgan fingerprint density at radius 2 is 1.95 bits per heavy atom. The molecule has 0 bridgehead atoms. The average Bonchev–Trinajstić information content (AvgIpc) is 2.43. The minimum atomic E-state index is -0.418. The van der Waals surface area contributed by atoms with Crippen molar-refractivity contribution in [1.29, 1.82) is 0 Å². The van der Waals surface area contributed by atoms with Gasteiger partial charge in [0.25, 0.3) is 0 Å². The van der Waals surface area contributed by atoms with E-state index >= 15 is 0 Å². The third-order valence-corrected chi connectivity index (χ3v) is 2.74. The van der Waals surface area contributed by atoms with Gasteiger partial charge in [0.2, 0.25) is 0 Å². The van der Waals surface area contributed by atoms with Gasteiger partial charge in [0, 0.05) is 26.2 Å². The monoisotopic (exact) mass is 265 g/mol. The zero-order chi connectivity index (χ0) is 13.9. The number of hydrogen-bond acceptors (Lipinski definition) is 4. The second-order valence-corrected chi connectivity index (χ2v) is 4.28. The van der Waals surface area contributed by atoms with E-state index in [0.717, 1.165) is 26.2 Å². The summed E-state index contributed by atoms with van der Waals surface area (Å²) in [6, 6.07) is 9.03. The van der Waals surface area contributed by atoms with Gasteiger partial charge in [-0.15, -0.1) is 0 Å². The molecule has 0 radical (unpaired) electrons.